The molecule has 1 amide bonds. The Kier molecular flexibility index (Phi) is 4.59. The lowest BCUT2D eigenvalue weighted by molar-refractivity contribution is 0.0217. The van der Waals surface area contributed by atoms with Gasteiger partial charge >= 0.3 is 0 Å². The van der Waals surface area contributed by atoms with Crippen LogP contribution in [0.25, 0.3) is 0 Å². The van der Waals surface area contributed by atoms with Gasteiger partial charge < -0.3 is 19.2 Å². The maximum Gasteiger partial charge on any atom is 0.293 e. The highest BCUT2D eigenvalue weighted by molar-refractivity contribution is 5.94. The van der Waals surface area contributed by atoms with Crippen molar-refractivity contribution >= 4 is 5.91 Å². The minimum absolute atomic E-state index is 0.0261. The molecule has 6 nitrogen and oxygen atoms in total. The number of amides is 1. The molecule has 0 unspecified atom stereocenters. The van der Waals surface area contributed by atoms with Crippen LogP contribution in [0.15, 0.2) is 41.0 Å². The summed E-state index contributed by atoms with van der Waals surface area (Å²) in [6, 6.07) is 9.39. The lowest BCUT2D eigenvalue weighted by Gasteiger charge is -2.49. The number of furan rings is 1. The number of hydrogen-bond acceptors (Lipinski definition) is 5. The van der Waals surface area contributed by atoms with Gasteiger partial charge in [-0.05, 0) is 63.0 Å². The van der Waals surface area contributed by atoms with E-state index in [2.05, 4.69) is 17.1 Å². The Morgan fingerprint density at radius 2 is 1.92 bits per heavy atom. The maximum atomic E-state index is 12.6. The predicted octanol–water partition coefficient (Wildman–Crippen LogP) is 3.29. The first-order chi connectivity index (χ1) is 12.6. The van der Waals surface area contributed by atoms with Gasteiger partial charge in [-0.2, -0.15) is 0 Å². The number of methoxy groups -OCH3 is 1. The van der Waals surface area contributed by atoms with Gasteiger partial charge in [0.05, 0.1) is 13.2 Å². The van der Waals surface area contributed by atoms with Gasteiger partial charge in [0, 0.05) is 17.6 Å². The van der Waals surface area contributed by atoms with Crippen molar-refractivity contribution in [3.05, 3.63) is 42.2 Å². The number of fused-ring (bicyclic) bond motifs is 3. The van der Waals surface area contributed by atoms with Crippen molar-refractivity contribution in [2.24, 2.45) is 5.92 Å². The van der Waals surface area contributed by atoms with Gasteiger partial charge in [-0.3, -0.25) is 9.69 Å². The smallest absolute Gasteiger partial charge is 0.293 e. The number of hydrogen-bond donors (Lipinski definition) is 1. The molecule has 4 heterocycles. The molecule has 0 spiro atoms. The first kappa shape index (κ1) is 17.0. The van der Waals surface area contributed by atoms with Gasteiger partial charge in [0.25, 0.3) is 11.9 Å². The fourth-order valence-electron chi connectivity index (χ4n) is 4.03. The standard InChI is InChI=1S/C20H24N2O4/c1-13-19(14-7-9-22(13)10-8-14)21-20(23)15-3-5-16(6-4-15)26-18-11-17(24-2)12-25-18/h3-6,11-14,19H,7-10H2,1-2H3,(H,21,23)/t13-,19-/m0/s1. The van der Waals surface area contributed by atoms with Crippen molar-refractivity contribution in [1.82, 2.24) is 10.2 Å². The molecule has 26 heavy (non-hydrogen) atoms. The minimum Gasteiger partial charge on any atom is -0.493 e. The molecule has 3 saturated heterocycles. The second-order valence-corrected chi connectivity index (χ2v) is 7.05. The topological polar surface area (TPSA) is 63.9 Å². The molecule has 1 aromatic carbocycles. The van der Waals surface area contributed by atoms with Crippen molar-refractivity contribution in [2.45, 2.75) is 31.8 Å². The molecule has 138 valence electrons. The third kappa shape index (κ3) is 3.29. The van der Waals surface area contributed by atoms with Gasteiger partial charge in [-0.1, -0.05) is 0 Å². The second kappa shape index (κ2) is 7.03. The van der Waals surface area contributed by atoms with E-state index in [-0.39, 0.29) is 11.9 Å². The van der Waals surface area contributed by atoms with E-state index < -0.39 is 0 Å². The van der Waals surface area contributed by atoms with E-state index in [0.29, 0.717) is 35.0 Å². The van der Waals surface area contributed by atoms with Crippen LogP contribution in [0.4, 0.5) is 0 Å². The fourth-order valence-corrected chi connectivity index (χ4v) is 4.03. The number of carbonyl (C=O) groups is 1. The average molecular weight is 356 g/mol. The van der Waals surface area contributed by atoms with E-state index in [1.54, 1.807) is 37.4 Å². The predicted molar refractivity (Wildman–Crippen MR) is 96.8 cm³/mol. The molecular weight excluding hydrogens is 332 g/mol. The van der Waals surface area contributed by atoms with Crippen LogP contribution < -0.4 is 14.8 Å². The SMILES string of the molecule is COc1coc(Oc2ccc(C(=O)N[C@@H]3C4CCN(CC4)[C@H]3C)cc2)c1. The zero-order chi connectivity index (χ0) is 18.1. The molecule has 3 fully saturated rings. The van der Waals surface area contributed by atoms with Crippen LogP contribution in [0.2, 0.25) is 0 Å². The van der Waals surface area contributed by atoms with Crippen molar-refractivity contribution in [3.8, 4) is 17.4 Å². The largest absolute Gasteiger partial charge is 0.493 e. The van der Waals surface area contributed by atoms with Gasteiger partial charge in [-0.25, -0.2) is 0 Å². The first-order valence-electron chi connectivity index (χ1n) is 9.09. The normalized spacial score (nSPS) is 27.2. The highest BCUT2D eigenvalue weighted by Gasteiger charge is 2.40. The fraction of sp³-hybridized carbons (Fsp3) is 0.450. The molecule has 2 aromatic rings. The lowest BCUT2D eigenvalue weighted by atomic mass is 9.79. The van der Waals surface area contributed by atoms with Crippen molar-refractivity contribution < 1.29 is 18.7 Å². The van der Waals surface area contributed by atoms with Crippen LogP contribution in [-0.2, 0) is 0 Å². The molecular formula is C20H24N2O4. The van der Waals surface area contributed by atoms with Crippen LogP contribution in [0.3, 0.4) is 0 Å². The number of rotatable bonds is 5. The molecule has 0 aliphatic carbocycles. The van der Waals surface area contributed by atoms with E-state index in [1.807, 2.05) is 0 Å². The van der Waals surface area contributed by atoms with Crippen molar-refractivity contribution in [1.29, 1.82) is 0 Å². The Balaban J connectivity index is 1.39. The van der Waals surface area contributed by atoms with Crippen molar-refractivity contribution in [2.75, 3.05) is 20.2 Å². The van der Waals surface area contributed by atoms with Gasteiger partial charge in [0.15, 0.2) is 5.75 Å². The van der Waals surface area contributed by atoms with Crippen molar-refractivity contribution in [3.63, 3.8) is 0 Å². The molecule has 3 aliphatic heterocycles. The molecule has 3 aliphatic rings. The molecule has 1 N–H and O–H groups in total. The van der Waals surface area contributed by atoms with Crippen LogP contribution in [-0.4, -0.2) is 43.1 Å². The van der Waals surface area contributed by atoms with Gasteiger partial charge in [0.2, 0.25) is 0 Å². The zero-order valence-electron chi connectivity index (χ0n) is 15.1. The summed E-state index contributed by atoms with van der Waals surface area (Å²) < 4.78 is 15.9. The monoisotopic (exact) mass is 356 g/mol. The Bertz CT molecular complexity index is 760. The Labute approximate surface area is 153 Å². The molecule has 2 bridgehead atoms. The number of nitrogens with zero attached hydrogens (tertiary/aromatic N) is 1. The average Bonchev–Trinajstić information content (AvgIpc) is 3.13. The molecule has 6 heteroatoms. The summed E-state index contributed by atoms with van der Waals surface area (Å²) in [4.78, 5) is 15.1. The number of carbonyl (C=O) groups excluding carboxylic acids is 1. The van der Waals surface area contributed by atoms with E-state index in [0.717, 1.165) is 13.1 Å². The van der Waals surface area contributed by atoms with Crippen LogP contribution in [0.1, 0.15) is 30.1 Å². The summed E-state index contributed by atoms with van der Waals surface area (Å²) in [5.41, 5.74) is 0.637. The van der Waals surface area contributed by atoms with E-state index in [9.17, 15) is 4.79 Å². The number of ether oxygens (including phenoxy) is 2. The summed E-state index contributed by atoms with van der Waals surface area (Å²) in [7, 11) is 1.57. The Morgan fingerprint density at radius 1 is 1.19 bits per heavy atom. The van der Waals surface area contributed by atoms with Gasteiger partial charge in [0.1, 0.15) is 12.0 Å². The molecule has 2 atom stereocenters. The summed E-state index contributed by atoms with van der Waals surface area (Å²) >= 11 is 0. The first-order valence-corrected chi connectivity index (χ1v) is 9.09. The summed E-state index contributed by atoms with van der Waals surface area (Å²) in [5, 5.41) is 3.24. The maximum absolute atomic E-state index is 12.6. The molecule has 0 saturated carbocycles. The van der Waals surface area contributed by atoms with E-state index >= 15 is 0 Å². The van der Waals surface area contributed by atoms with Crippen LogP contribution in [0, 0.1) is 5.92 Å². The lowest BCUT2D eigenvalue weighted by Crippen LogP contribution is -2.62. The highest BCUT2D eigenvalue weighted by Crippen LogP contribution is 2.32. The number of nitrogens with one attached hydrogen (secondary N) is 1. The molecule has 1 aromatic heterocycles. The minimum atomic E-state index is -0.0261. The molecule has 5 rings (SSSR count). The third-order valence-corrected chi connectivity index (χ3v) is 5.60. The third-order valence-electron chi connectivity index (χ3n) is 5.60. The van der Waals surface area contributed by atoms with Gasteiger partial charge in [-0.15, -0.1) is 0 Å². The van der Waals surface area contributed by atoms with E-state index in [1.165, 1.54) is 19.1 Å². The van der Waals surface area contributed by atoms with E-state index in [4.69, 9.17) is 13.9 Å². The second-order valence-electron chi connectivity index (χ2n) is 7.05. The van der Waals surface area contributed by atoms with Crippen LogP contribution in [0.5, 0.6) is 17.4 Å². The number of benzene rings is 1. The Morgan fingerprint density at radius 3 is 2.54 bits per heavy atom. The molecule has 0 radical (unpaired) electrons. The number of piperidine rings is 3. The quantitative estimate of drug-likeness (QED) is 0.891. The highest BCUT2D eigenvalue weighted by atomic mass is 16.6. The zero-order valence-corrected chi connectivity index (χ0v) is 15.1. The summed E-state index contributed by atoms with van der Waals surface area (Å²) in [5.74, 6) is 2.12. The Hall–Kier alpha value is -2.47. The summed E-state index contributed by atoms with van der Waals surface area (Å²) in [6.07, 6.45) is 3.83. The van der Waals surface area contributed by atoms with Crippen LogP contribution >= 0.6 is 0 Å². The summed E-state index contributed by atoms with van der Waals surface area (Å²) in [6.45, 7) is 4.52.